The summed E-state index contributed by atoms with van der Waals surface area (Å²) >= 11 is 0. The van der Waals surface area contributed by atoms with Crippen molar-refractivity contribution in [3.05, 3.63) is 65.7 Å². The van der Waals surface area contributed by atoms with Gasteiger partial charge in [-0.05, 0) is 55.7 Å². The van der Waals surface area contributed by atoms with Crippen molar-refractivity contribution in [2.75, 3.05) is 52.4 Å². The van der Waals surface area contributed by atoms with E-state index < -0.39 is 10.0 Å². The molecule has 8 heteroatoms. The van der Waals surface area contributed by atoms with E-state index in [1.807, 2.05) is 30.3 Å². The van der Waals surface area contributed by atoms with Gasteiger partial charge in [-0.2, -0.15) is 4.31 Å². The molecule has 1 aliphatic rings. The van der Waals surface area contributed by atoms with Crippen LogP contribution in [0, 0.1) is 0 Å². The predicted octanol–water partition coefficient (Wildman–Crippen LogP) is 1.53. The summed E-state index contributed by atoms with van der Waals surface area (Å²) in [7, 11) is -3.54. The zero-order chi connectivity index (χ0) is 22.5. The van der Waals surface area contributed by atoms with Crippen molar-refractivity contribution in [1.82, 2.24) is 25.6 Å². The molecule has 0 unspecified atom stereocenters. The summed E-state index contributed by atoms with van der Waals surface area (Å²) in [4.78, 5) is 0.370. The van der Waals surface area contributed by atoms with Crippen LogP contribution in [0.2, 0.25) is 0 Å². The van der Waals surface area contributed by atoms with E-state index in [0.29, 0.717) is 31.1 Å². The van der Waals surface area contributed by atoms with Gasteiger partial charge in [-0.1, -0.05) is 42.5 Å². The first-order valence-electron chi connectivity index (χ1n) is 11.6. The first-order valence-corrected chi connectivity index (χ1v) is 13.1. The van der Waals surface area contributed by atoms with Crippen LogP contribution >= 0.6 is 0 Å². The Bertz CT molecular complexity index is 878. The number of hydrogen-bond donors (Lipinski definition) is 4. The van der Waals surface area contributed by atoms with Crippen LogP contribution in [0.5, 0.6) is 0 Å². The van der Waals surface area contributed by atoms with Gasteiger partial charge in [0, 0.05) is 45.8 Å². The second-order valence-corrected chi connectivity index (χ2v) is 10.0. The van der Waals surface area contributed by atoms with Crippen molar-refractivity contribution in [1.29, 1.82) is 0 Å². The van der Waals surface area contributed by atoms with Gasteiger partial charge in [-0.3, -0.25) is 0 Å². The lowest BCUT2D eigenvalue weighted by Crippen LogP contribution is -2.40. The van der Waals surface area contributed by atoms with Gasteiger partial charge in [0.15, 0.2) is 0 Å². The highest BCUT2D eigenvalue weighted by Crippen LogP contribution is 2.17. The van der Waals surface area contributed by atoms with E-state index in [4.69, 9.17) is 0 Å². The summed E-state index contributed by atoms with van der Waals surface area (Å²) in [5.41, 5.74) is 2.18. The molecule has 4 N–H and O–H groups in total. The van der Waals surface area contributed by atoms with Gasteiger partial charge < -0.3 is 21.3 Å². The maximum atomic E-state index is 13.4. The van der Waals surface area contributed by atoms with Gasteiger partial charge in [0.2, 0.25) is 10.0 Å². The second-order valence-electron chi connectivity index (χ2n) is 8.10. The fraction of sp³-hybridized carbons (Fsp3) is 0.500. The third-order valence-corrected chi connectivity index (χ3v) is 7.42. The Morgan fingerprint density at radius 1 is 0.719 bits per heavy atom. The molecule has 1 heterocycles. The molecule has 0 aliphatic carbocycles. The molecule has 2 aromatic carbocycles. The van der Waals surface area contributed by atoms with Crippen LogP contribution in [0.4, 0.5) is 0 Å². The van der Waals surface area contributed by atoms with Crippen LogP contribution in [0.3, 0.4) is 0 Å². The van der Waals surface area contributed by atoms with E-state index in [9.17, 15) is 8.42 Å². The number of rotatable bonds is 6. The fourth-order valence-electron chi connectivity index (χ4n) is 3.74. The minimum Gasteiger partial charge on any atom is -0.315 e. The molecule has 7 nitrogen and oxygen atoms in total. The minimum atomic E-state index is -3.54. The van der Waals surface area contributed by atoms with Gasteiger partial charge >= 0.3 is 0 Å². The molecule has 1 fully saturated rings. The van der Waals surface area contributed by atoms with E-state index >= 15 is 0 Å². The van der Waals surface area contributed by atoms with Crippen LogP contribution in [0.25, 0.3) is 0 Å². The molecule has 0 aromatic heterocycles. The molecule has 0 saturated carbocycles. The number of sulfonamides is 1. The van der Waals surface area contributed by atoms with Crippen LogP contribution in [0.1, 0.15) is 24.0 Å². The third kappa shape index (κ3) is 8.27. The summed E-state index contributed by atoms with van der Waals surface area (Å²) in [6, 6.07) is 17.5. The molecule has 0 spiro atoms. The zero-order valence-electron chi connectivity index (χ0n) is 18.9. The van der Waals surface area contributed by atoms with Gasteiger partial charge in [0.05, 0.1) is 4.90 Å². The average Bonchev–Trinajstić information content (AvgIpc) is 2.81. The van der Waals surface area contributed by atoms with Crippen LogP contribution in [-0.2, 0) is 23.1 Å². The van der Waals surface area contributed by atoms with E-state index in [1.54, 1.807) is 16.4 Å². The highest BCUT2D eigenvalue weighted by atomic mass is 32.2. The average molecular weight is 460 g/mol. The Kier molecular flexibility index (Phi) is 10.6. The maximum absolute atomic E-state index is 13.4. The zero-order valence-corrected chi connectivity index (χ0v) is 19.7. The lowest BCUT2D eigenvalue weighted by Gasteiger charge is -2.23. The minimum absolute atomic E-state index is 0.370. The van der Waals surface area contributed by atoms with Gasteiger partial charge in [0.1, 0.15) is 0 Å². The number of benzene rings is 2. The van der Waals surface area contributed by atoms with Crippen molar-refractivity contribution in [3.63, 3.8) is 0 Å². The lowest BCUT2D eigenvalue weighted by atomic mass is 10.2. The molecule has 2 aromatic rings. The molecular weight excluding hydrogens is 422 g/mol. The standard InChI is InChI=1S/C24H37N5O2S/c30-32(31,29-17-6-13-26-15-14-25-11-5-12-27-16-18-29)24-10-4-9-23(19-24)21-28-20-22-7-2-1-3-8-22/h1-4,7-10,19,25-28H,5-6,11-18,20-21H2. The highest BCUT2D eigenvalue weighted by molar-refractivity contribution is 7.89. The van der Waals surface area contributed by atoms with Crippen molar-refractivity contribution in [2.45, 2.75) is 30.8 Å². The molecule has 1 saturated heterocycles. The Labute approximate surface area is 193 Å². The Morgan fingerprint density at radius 2 is 1.38 bits per heavy atom. The van der Waals surface area contributed by atoms with E-state index in [1.165, 1.54) is 5.56 Å². The largest absolute Gasteiger partial charge is 0.315 e. The normalized spacial score (nSPS) is 18.1. The first kappa shape index (κ1) is 24.8. The van der Waals surface area contributed by atoms with Gasteiger partial charge in [-0.25, -0.2) is 8.42 Å². The maximum Gasteiger partial charge on any atom is 0.243 e. The summed E-state index contributed by atoms with van der Waals surface area (Å²) in [5.74, 6) is 0. The smallest absolute Gasteiger partial charge is 0.243 e. The fourth-order valence-corrected chi connectivity index (χ4v) is 5.29. The molecule has 176 valence electrons. The summed E-state index contributed by atoms with van der Waals surface area (Å²) < 4.78 is 28.5. The number of hydrogen-bond acceptors (Lipinski definition) is 6. The molecular formula is C24H37N5O2S. The predicted molar refractivity (Wildman–Crippen MR) is 130 cm³/mol. The van der Waals surface area contributed by atoms with E-state index in [-0.39, 0.29) is 0 Å². The SMILES string of the molecule is O=S(=O)(c1cccc(CNCc2ccccc2)c1)N1CCCNCCNCCCNCC1. The van der Waals surface area contributed by atoms with Crippen molar-refractivity contribution in [2.24, 2.45) is 0 Å². The molecule has 1 aliphatic heterocycles. The topological polar surface area (TPSA) is 85.5 Å². The quantitative estimate of drug-likeness (QED) is 0.524. The molecule has 3 rings (SSSR count). The van der Waals surface area contributed by atoms with Crippen LogP contribution in [0.15, 0.2) is 59.5 Å². The summed E-state index contributed by atoms with van der Waals surface area (Å²) in [6.07, 6.45) is 1.82. The summed E-state index contributed by atoms with van der Waals surface area (Å²) in [5, 5.41) is 13.6. The van der Waals surface area contributed by atoms with Crippen LogP contribution < -0.4 is 21.3 Å². The molecule has 0 atom stereocenters. The van der Waals surface area contributed by atoms with Gasteiger partial charge in [-0.15, -0.1) is 0 Å². The molecule has 0 amide bonds. The molecule has 32 heavy (non-hydrogen) atoms. The number of nitrogens with one attached hydrogen (secondary N) is 4. The van der Waals surface area contributed by atoms with Crippen molar-refractivity contribution < 1.29 is 8.42 Å². The molecule has 0 bridgehead atoms. The lowest BCUT2D eigenvalue weighted by molar-refractivity contribution is 0.391. The Morgan fingerprint density at radius 3 is 2.16 bits per heavy atom. The highest BCUT2D eigenvalue weighted by Gasteiger charge is 2.24. The van der Waals surface area contributed by atoms with Crippen molar-refractivity contribution in [3.8, 4) is 0 Å². The second kappa shape index (κ2) is 13.7. The first-order chi connectivity index (χ1) is 15.7. The van der Waals surface area contributed by atoms with E-state index in [0.717, 1.165) is 57.7 Å². The third-order valence-electron chi connectivity index (χ3n) is 5.52. The van der Waals surface area contributed by atoms with Crippen LogP contribution in [-0.4, -0.2) is 65.1 Å². The molecule has 0 radical (unpaired) electrons. The van der Waals surface area contributed by atoms with Gasteiger partial charge in [0.25, 0.3) is 0 Å². The summed E-state index contributed by atoms with van der Waals surface area (Å²) in [6.45, 7) is 7.53. The Balaban J connectivity index is 1.62. The van der Waals surface area contributed by atoms with E-state index in [2.05, 4.69) is 33.4 Å². The number of nitrogens with zero attached hydrogens (tertiary/aromatic N) is 1. The Hall–Kier alpha value is -1.81. The van der Waals surface area contributed by atoms with Crippen molar-refractivity contribution >= 4 is 10.0 Å². The monoisotopic (exact) mass is 459 g/mol.